The smallest absolute Gasteiger partial charge is 0.308 e. The van der Waals surface area contributed by atoms with E-state index in [9.17, 15) is 9.59 Å². The molecular weight excluding hydrogens is 260 g/mol. The number of likely N-dealkylation sites (tertiary alicyclic amines) is 1. The lowest BCUT2D eigenvalue weighted by molar-refractivity contribution is -0.142. The summed E-state index contributed by atoms with van der Waals surface area (Å²) in [6.45, 7) is 2.24. The number of H-pyrrole nitrogens is 1. The van der Waals surface area contributed by atoms with Crippen molar-refractivity contribution in [2.75, 3.05) is 6.54 Å². The predicted octanol–water partition coefficient (Wildman–Crippen LogP) is 0.893. The van der Waals surface area contributed by atoms with E-state index in [2.05, 4.69) is 15.4 Å². The molecule has 20 heavy (non-hydrogen) atoms. The zero-order chi connectivity index (χ0) is 14.3. The van der Waals surface area contributed by atoms with Crippen molar-refractivity contribution in [2.45, 2.75) is 19.4 Å². The van der Waals surface area contributed by atoms with Gasteiger partial charge in [-0.05, 0) is 31.5 Å². The molecule has 2 unspecified atom stereocenters. The maximum absolute atomic E-state index is 12.5. The van der Waals surface area contributed by atoms with E-state index in [4.69, 9.17) is 5.11 Å². The number of carbonyl (C=O) groups excluding carboxylic acids is 1. The Morgan fingerprint density at radius 2 is 2.10 bits per heavy atom. The van der Waals surface area contributed by atoms with Crippen molar-refractivity contribution >= 4 is 22.9 Å². The van der Waals surface area contributed by atoms with E-state index in [0.717, 1.165) is 0 Å². The van der Waals surface area contributed by atoms with Crippen LogP contribution in [-0.2, 0) is 4.79 Å². The molecule has 3 rings (SSSR count). The van der Waals surface area contributed by atoms with Gasteiger partial charge in [0, 0.05) is 18.2 Å². The van der Waals surface area contributed by atoms with Crippen LogP contribution < -0.4 is 0 Å². The summed E-state index contributed by atoms with van der Waals surface area (Å²) in [6.07, 6.45) is 0.494. The van der Waals surface area contributed by atoms with E-state index in [-0.39, 0.29) is 11.9 Å². The molecular formula is C13H14N4O3. The van der Waals surface area contributed by atoms with Crippen molar-refractivity contribution in [2.24, 2.45) is 5.92 Å². The third-order valence-corrected chi connectivity index (χ3v) is 3.90. The number of amides is 1. The van der Waals surface area contributed by atoms with Gasteiger partial charge in [0.1, 0.15) is 11.0 Å². The van der Waals surface area contributed by atoms with Gasteiger partial charge in [0.15, 0.2) is 0 Å². The maximum atomic E-state index is 12.5. The van der Waals surface area contributed by atoms with Crippen LogP contribution in [0.25, 0.3) is 11.0 Å². The number of hydrogen-bond donors (Lipinski definition) is 2. The highest BCUT2D eigenvalue weighted by molar-refractivity contribution is 5.97. The Morgan fingerprint density at radius 1 is 1.35 bits per heavy atom. The van der Waals surface area contributed by atoms with Gasteiger partial charge >= 0.3 is 5.97 Å². The summed E-state index contributed by atoms with van der Waals surface area (Å²) >= 11 is 0. The van der Waals surface area contributed by atoms with Crippen molar-refractivity contribution in [1.29, 1.82) is 0 Å². The molecule has 2 atom stereocenters. The Morgan fingerprint density at radius 3 is 2.80 bits per heavy atom. The minimum absolute atomic E-state index is 0.161. The van der Waals surface area contributed by atoms with Crippen LogP contribution in [0.15, 0.2) is 18.2 Å². The average Bonchev–Trinajstić information content (AvgIpc) is 3.03. The Labute approximate surface area is 114 Å². The van der Waals surface area contributed by atoms with Gasteiger partial charge in [0.05, 0.1) is 5.92 Å². The lowest BCUT2D eigenvalue weighted by Crippen LogP contribution is -2.37. The first kappa shape index (κ1) is 12.6. The molecule has 1 fully saturated rings. The fourth-order valence-electron chi connectivity index (χ4n) is 2.70. The molecule has 7 nitrogen and oxygen atoms in total. The molecule has 0 radical (unpaired) electrons. The molecule has 2 aromatic rings. The second-order valence-electron chi connectivity index (χ2n) is 5.00. The summed E-state index contributed by atoms with van der Waals surface area (Å²) in [6, 6.07) is 4.78. The molecule has 1 saturated heterocycles. The monoisotopic (exact) mass is 274 g/mol. The van der Waals surface area contributed by atoms with Gasteiger partial charge < -0.3 is 10.0 Å². The van der Waals surface area contributed by atoms with Crippen LogP contribution in [0.2, 0.25) is 0 Å². The van der Waals surface area contributed by atoms with Crippen LogP contribution in [-0.4, -0.2) is 49.9 Å². The fraction of sp³-hybridized carbons (Fsp3) is 0.385. The van der Waals surface area contributed by atoms with E-state index in [0.29, 0.717) is 29.6 Å². The zero-order valence-electron chi connectivity index (χ0n) is 10.9. The van der Waals surface area contributed by atoms with E-state index >= 15 is 0 Å². The number of carboxylic acid groups (broad SMARTS) is 1. The summed E-state index contributed by atoms with van der Waals surface area (Å²) in [5.74, 6) is -1.50. The lowest BCUT2D eigenvalue weighted by Gasteiger charge is -2.23. The second-order valence-corrected chi connectivity index (χ2v) is 5.00. The number of rotatable bonds is 2. The third kappa shape index (κ3) is 1.91. The Hall–Kier alpha value is -2.44. The summed E-state index contributed by atoms with van der Waals surface area (Å²) in [7, 11) is 0. The van der Waals surface area contributed by atoms with E-state index < -0.39 is 11.9 Å². The minimum atomic E-state index is -0.847. The van der Waals surface area contributed by atoms with Crippen LogP contribution in [0, 0.1) is 5.92 Å². The predicted molar refractivity (Wildman–Crippen MR) is 70.1 cm³/mol. The molecule has 1 aliphatic rings. The number of fused-ring (bicyclic) bond motifs is 1. The number of carbonyl (C=O) groups is 2. The standard InChI is InChI=1S/C13H14N4O3/c1-7-9(13(19)20)4-5-17(7)12(18)8-2-3-10-11(6-8)15-16-14-10/h2-3,6-7,9H,4-5H2,1H3,(H,19,20)(H,14,15,16). The Balaban J connectivity index is 1.87. The van der Waals surface area contributed by atoms with Gasteiger partial charge in [-0.1, -0.05) is 0 Å². The Bertz CT molecular complexity index is 681. The topological polar surface area (TPSA) is 99.2 Å². The van der Waals surface area contributed by atoms with Crippen LogP contribution in [0.3, 0.4) is 0 Å². The first-order valence-corrected chi connectivity index (χ1v) is 6.42. The quantitative estimate of drug-likeness (QED) is 0.847. The van der Waals surface area contributed by atoms with Crippen LogP contribution in [0.5, 0.6) is 0 Å². The summed E-state index contributed by atoms with van der Waals surface area (Å²) in [5, 5.41) is 19.5. The van der Waals surface area contributed by atoms with Gasteiger partial charge in [0.25, 0.3) is 5.91 Å². The van der Waals surface area contributed by atoms with Crippen molar-refractivity contribution in [1.82, 2.24) is 20.3 Å². The first-order valence-electron chi connectivity index (χ1n) is 6.42. The minimum Gasteiger partial charge on any atom is -0.481 e. The number of carboxylic acids is 1. The maximum Gasteiger partial charge on any atom is 0.308 e. The van der Waals surface area contributed by atoms with E-state index in [1.165, 1.54) is 0 Å². The average molecular weight is 274 g/mol. The summed E-state index contributed by atoms with van der Waals surface area (Å²) in [5.41, 5.74) is 1.82. The summed E-state index contributed by atoms with van der Waals surface area (Å²) < 4.78 is 0. The zero-order valence-corrected chi connectivity index (χ0v) is 10.9. The molecule has 1 amide bonds. The number of aromatic amines is 1. The van der Waals surface area contributed by atoms with Gasteiger partial charge in [-0.3, -0.25) is 9.59 Å². The van der Waals surface area contributed by atoms with Crippen molar-refractivity contribution in [3.05, 3.63) is 23.8 Å². The van der Waals surface area contributed by atoms with Gasteiger partial charge in [-0.25, -0.2) is 0 Å². The largest absolute Gasteiger partial charge is 0.481 e. The molecule has 7 heteroatoms. The van der Waals surface area contributed by atoms with Gasteiger partial charge in [-0.2, -0.15) is 15.4 Å². The normalized spacial score (nSPS) is 22.4. The summed E-state index contributed by atoms with van der Waals surface area (Å²) in [4.78, 5) is 25.2. The molecule has 0 bridgehead atoms. The van der Waals surface area contributed by atoms with Crippen molar-refractivity contribution in [3.8, 4) is 0 Å². The van der Waals surface area contributed by atoms with Crippen molar-refractivity contribution in [3.63, 3.8) is 0 Å². The van der Waals surface area contributed by atoms with E-state index in [1.807, 2.05) is 0 Å². The van der Waals surface area contributed by atoms with Crippen LogP contribution in [0.4, 0.5) is 0 Å². The molecule has 104 valence electrons. The molecule has 0 aliphatic carbocycles. The van der Waals surface area contributed by atoms with Gasteiger partial charge in [-0.15, -0.1) is 0 Å². The highest BCUT2D eigenvalue weighted by Gasteiger charge is 2.38. The van der Waals surface area contributed by atoms with Crippen molar-refractivity contribution < 1.29 is 14.7 Å². The third-order valence-electron chi connectivity index (χ3n) is 3.90. The molecule has 2 heterocycles. The second kappa shape index (κ2) is 4.59. The first-order chi connectivity index (χ1) is 9.58. The number of hydrogen-bond acceptors (Lipinski definition) is 4. The number of aromatic nitrogens is 3. The number of nitrogens with zero attached hydrogens (tertiary/aromatic N) is 3. The molecule has 1 aromatic carbocycles. The molecule has 1 aliphatic heterocycles. The van der Waals surface area contributed by atoms with E-state index in [1.54, 1.807) is 30.0 Å². The fourth-order valence-corrected chi connectivity index (χ4v) is 2.70. The highest BCUT2D eigenvalue weighted by Crippen LogP contribution is 2.26. The molecule has 2 N–H and O–H groups in total. The molecule has 0 spiro atoms. The number of benzene rings is 1. The molecule has 1 aromatic heterocycles. The SMILES string of the molecule is CC1C(C(=O)O)CCN1C(=O)c1ccc2n[nH]nc2c1. The lowest BCUT2D eigenvalue weighted by atomic mass is 10.0. The number of nitrogens with one attached hydrogen (secondary N) is 1. The van der Waals surface area contributed by atoms with Gasteiger partial charge in [0.2, 0.25) is 0 Å². The molecule has 0 saturated carbocycles. The highest BCUT2D eigenvalue weighted by atomic mass is 16.4. The number of aliphatic carboxylic acids is 1. The Kier molecular flexibility index (Phi) is 2.89. The van der Waals surface area contributed by atoms with Crippen LogP contribution >= 0.6 is 0 Å². The van der Waals surface area contributed by atoms with Crippen LogP contribution in [0.1, 0.15) is 23.7 Å².